The van der Waals surface area contributed by atoms with Crippen molar-refractivity contribution in [2.45, 2.75) is 44.6 Å². The first kappa shape index (κ1) is 19.5. The third-order valence-electron chi connectivity index (χ3n) is 5.92. The molecule has 1 amide bonds. The topological polar surface area (TPSA) is 79.1 Å². The second-order valence-electron chi connectivity index (χ2n) is 7.78. The van der Waals surface area contributed by atoms with Gasteiger partial charge in [0.05, 0.1) is 24.1 Å². The van der Waals surface area contributed by atoms with Crippen molar-refractivity contribution in [3.63, 3.8) is 0 Å². The highest BCUT2D eigenvalue weighted by Gasteiger charge is 2.37. The molecule has 1 aliphatic heterocycles. The number of benzene rings is 1. The highest BCUT2D eigenvalue weighted by atomic mass is 19.1. The summed E-state index contributed by atoms with van der Waals surface area (Å²) in [5, 5.41) is 10.5. The molecule has 29 heavy (non-hydrogen) atoms. The average Bonchev–Trinajstić information content (AvgIpc) is 3.26. The number of nitriles is 1. The number of amides is 1. The lowest BCUT2D eigenvalue weighted by Crippen LogP contribution is -2.37. The molecular formula is C22H23FN4O2. The van der Waals surface area contributed by atoms with E-state index in [0.29, 0.717) is 12.5 Å². The Morgan fingerprint density at radius 2 is 2.07 bits per heavy atom. The molecule has 1 saturated heterocycles. The van der Waals surface area contributed by atoms with Crippen LogP contribution in [-0.4, -0.2) is 27.5 Å². The molecule has 1 atom stereocenters. The summed E-state index contributed by atoms with van der Waals surface area (Å²) in [6.07, 6.45) is 9.95. The molecule has 2 fully saturated rings. The molecule has 2 heterocycles. The van der Waals surface area contributed by atoms with E-state index in [1.807, 2.05) is 6.07 Å². The summed E-state index contributed by atoms with van der Waals surface area (Å²) in [6.45, 7) is 0.508. The maximum absolute atomic E-state index is 13.5. The number of hydrogen-bond donors (Lipinski definition) is 0. The molecule has 2 aliphatic rings. The lowest BCUT2D eigenvalue weighted by Gasteiger charge is -2.31. The Kier molecular flexibility index (Phi) is 5.81. The van der Waals surface area contributed by atoms with Crippen molar-refractivity contribution in [1.29, 1.82) is 5.26 Å². The van der Waals surface area contributed by atoms with E-state index in [9.17, 15) is 9.18 Å². The van der Waals surface area contributed by atoms with Crippen molar-refractivity contribution in [1.82, 2.24) is 15.0 Å². The quantitative estimate of drug-likeness (QED) is 0.789. The monoisotopic (exact) mass is 394 g/mol. The number of halogens is 1. The van der Waals surface area contributed by atoms with Crippen LogP contribution in [0.5, 0.6) is 0 Å². The van der Waals surface area contributed by atoms with Crippen LogP contribution in [0.25, 0.3) is 0 Å². The van der Waals surface area contributed by atoms with Crippen molar-refractivity contribution in [2.75, 3.05) is 6.61 Å². The number of hydroxylamine groups is 2. The summed E-state index contributed by atoms with van der Waals surface area (Å²) in [5.41, 5.74) is 1.83. The van der Waals surface area contributed by atoms with Crippen LogP contribution < -0.4 is 0 Å². The Morgan fingerprint density at radius 1 is 1.24 bits per heavy atom. The third-order valence-corrected chi connectivity index (χ3v) is 5.92. The number of aromatic nitrogens is 2. The first-order valence-corrected chi connectivity index (χ1v) is 10.1. The second kappa shape index (κ2) is 8.66. The van der Waals surface area contributed by atoms with Gasteiger partial charge in [0.15, 0.2) is 0 Å². The minimum absolute atomic E-state index is 0.0325. The fourth-order valence-corrected chi connectivity index (χ4v) is 4.35. The van der Waals surface area contributed by atoms with E-state index >= 15 is 0 Å². The molecular weight excluding hydrogens is 371 g/mol. The van der Waals surface area contributed by atoms with Gasteiger partial charge in [0.1, 0.15) is 17.9 Å². The van der Waals surface area contributed by atoms with Crippen molar-refractivity contribution in [3.05, 3.63) is 59.4 Å². The van der Waals surface area contributed by atoms with Crippen LogP contribution >= 0.6 is 0 Å². The van der Waals surface area contributed by atoms with E-state index in [0.717, 1.165) is 49.8 Å². The third kappa shape index (κ3) is 4.28. The molecule has 1 aliphatic carbocycles. The molecule has 0 bridgehead atoms. The summed E-state index contributed by atoms with van der Waals surface area (Å²) in [4.78, 5) is 27.1. The Hall–Kier alpha value is -2.85. The molecule has 0 spiro atoms. The van der Waals surface area contributed by atoms with Crippen LogP contribution in [0.1, 0.15) is 55.0 Å². The van der Waals surface area contributed by atoms with Gasteiger partial charge in [-0.2, -0.15) is 5.26 Å². The van der Waals surface area contributed by atoms with Gasteiger partial charge in [0, 0.05) is 24.7 Å². The first-order valence-electron chi connectivity index (χ1n) is 10.1. The SMILES string of the molecule is N#Cc1cc(CC2CCC(C(=O)N3OCC[C@H]3c3cnccn3)CC2)ccc1F. The van der Waals surface area contributed by atoms with Crippen molar-refractivity contribution >= 4 is 5.91 Å². The Bertz CT molecular complexity index is 907. The largest absolute Gasteiger partial charge is 0.272 e. The number of carbonyl (C=O) groups is 1. The summed E-state index contributed by atoms with van der Waals surface area (Å²) < 4.78 is 13.5. The van der Waals surface area contributed by atoms with Crippen molar-refractivity contribution < 1.29 is 14.0 Å². The Labute approximate surface area is 169 Å². The van der Waals surface area contributed by atoms with Crippen LogP contribution in [-0.2, 0) is 16.1 Å². The summed E-state index contributed by atoms with van der Waals surface area (Å²) >= 11 is 0. The lowest BCUT2D eigenvalue weighted by atomic mass is 9.78. The minimum Gasteiger partial charge on any atom is -0.272 e. The molecule has 0 unspecified atom stereocenters. The standard InChI is InChI=1S/C22H23FN4O2/c23-19-6-3-16(12-18(19)13-24)11-15-1-4-17(5-2-15)22(28)27-21(7-10-29-27)20-14-25-8-9-26-20/h3,6,8-9,12,14-15,17,21H,1-2,4-5,7,10-11H2/t15?,17?,21-/m0/s1. The van der Waals surface area contributed by atoms with Crippen molar-refractivity contribution in [3.8, 4) is 6.07 Å². The minimum atomic E-state index is -0.478. The maximum Gasteiger partial charge on any atom is 0.249 e. The lowest BCUT2D eigenvalue weighted by molar-refractivity contribution is -0.183. The van der Waals surface area contributed by atoms with E-state index in [4.69, 9.17) is 10.1 Å². The predicted octanol–water partition coefficient (Wildman–Crippen LogP) is 3.74. The van der Waals surface area contributed by atoms with Gasteiger partial charge in [0.2, 0.25) is 5.91 Å². The van der Waals surface area contributed by atoms with Crippen LogP contribution in [0.3, 0.4) is 0 Å². The molecule has 1 aromatic carbocycles. The zero-order chi connectivity index (χ0) is 20.2. The molecule has 4 rings (SSSR count). The normalized spacial score (nSPS) is 24.3. The molecule has 0 N–H and O–H groups in total. The molecule has 7 heteroatoms. The number of rotatable bonds is 4. The van der Waals surface area contributed by atoms with E-state index in [-0.39, 0.29) is 23.4 Å². The highest BCUT2D eigenvalue weighted by molar-refractivity contribution is 5.78. The predicted molar refractivity (Wildman–Crippen MR) is 102 cm³/mol. The van der Waals surface area contributed by atoms with Gasteiger partial charge >= 0.3 is 0 Å². The van der Waals surface area contributed by atoms with Crippen LogP contribution in [0.15, 0.2) is 36.8 Å². The number of carbonyl (C=O) groups excluding carboxylic acids is 1. The Morgan fingerprint density at radius 3 is 2.79 bits per heavy atom. The molecule has 150 valence electrons. The molecule has 1 saturated carbocycles. The number of nitrogens with zero attached hydrogens (tertiary/aromatic N) is 4. The summed E-state index contributed by atoms with van der Waals surface area (Å²) in [7, 11) is 0. The summed E-state index contributed by atoms with van der Waals surface area (Å²) in [6, 6.07) is 6.47. The van der Waals surface area contributed by atoms with Gasteiger partial charge in [-0.25, -0.2) is 9.45 Å². The zero-order valence-electron chi connectivity index (χ0n) is 16.1. The summed E-state index contributed by atoms with van der Waals surface area (Å²) in [5.74, 6) is -0.0586. The molecule has 6 nitrogen and oxygen atoms in total. The van der Waals surface area contributed by atoms with Crippen LogP contribution in [0, 0.1) is 29.0 Å². The molecule has 0 radical (unpaired) electrons. The second-order valence-corrected chi connectivity index (χ2v) is 7.78. The Balaban J connectivity index is 1.34. The molecule has 1 aromatic heterocycles. The van der Waals surface area contributed by atoms with E-state index in [2.05, 4.69) is 9.97 Å². The van der Waals surface area contributed by atoms with Crippen molar-refractivity contribution in [2.24, 2.45) is 11.8 Å². The highest BCUT2D eigenvalue weighted by Crippen LogP contribution is 2.36. The fourth-order valence-electron chi connectivity index (χ4n) is 4.35. The van der Waals surface area contributed by atoms with Crippen LogP contribution in [0.4, 0.5) is 4.39 Å². The van der Waals surface area contributed by atoms with E-state index in [1.165, 1.54) is 11.1 Å². The maximum atomic E-state index is 13.5. The smallest absolute Gasteiger partial charge is 0.249 e. The number of hydrogen-bond acceptors (Lipinski definition) is 5. The van der Waals surface area contributed by atoms with E-state index in [1.54, 1.807) is 30.7 Å². The van der Waals surface area contributed by atoms with Crippen LogP contribution in [0.2, 0.25) is 0 Å². The zero-order valence-corrected chi connectivity index (χ0v) is 16.1. The van der Waals surface area contributed by atoms with E-state index < -0.39 is 5.82 Å². The van der Waals surface area contributed by atoms with Gasteiger partial charge in [-0.3, -0.25) is 19.6 Å². The van der Waals surface area contributed by atoms with Gasteiger partial charge < -0.3 is 0 Å². The van der Waals surface area contributed by atoms with Gasteiger partial charge in [-0.15, -0.1) is 0 Å². The van der Waals surface area contributed by atoms with Gasteiger partial charge in [-0.1, -0.05) is 6.07 Å². The molecule has 2 aromatic rings. The average molecular weight is 394 g/mol. The fraction of sp³-hybridized carbons (Fsp3) is 0.455. The van der Waals surface area contributed by atoms with Gasteiger partial charge in [-0.05, 0) is 55.7 Å². The van der Waals surface area contributed by atoms with Gasteiger partial charge in [0.25, 0.3) is 0 Å². The first-order chi connectivity index (χ1) is 14.2.